The molecular weight excluding hydrogens is 318 g/mol. The Morgan fingerprint density at radius 2 is 2.24 bits per heavy atom. The molecule has 2 aromatic heterocycles. The number of H-pyrrole nitrogens is 2. The Labute approximate surface area is 145 Å². The van der Waals surface area contributed by atoms with Gasteiger partial charge in [-0.05, 0) is 19.1 Å². The van der Waals surface area contributed by atoms with Crippen LogP contribution in [0.2, 0.25) is 0 Å². The molecule has 7 heteroatoms. The highest BCUT2D eigenvalue weighted by molar-refractivity contribution is 5.77. The molecule has 1 fully saturated rings. The second-order valence-electron chi connectivity index (χ2n) is 6.35. The minimum atomic E-state index is -0.183. The molecule has 25 heavy (non-hydrogen) atoms. The molecule has 0 aliphatic carbocycles. The molecule has 1 atom stereocenters. The Hall–Kier alpha value is -2.67. The fraction of sp³-hybridized carbons (Fsp3) is 0.389. The standard InChI is InChI=1S/C18H21N5O2/c1-12-10-19-18(20-12)15-11-23(8-9-25-15)17(24)7-6-16-21-13-4-2-3-5-14(13)22-16/h2-5,10,15H,6-9,11H2,1H3,(H,19,20)(H,21,22)/t15-/m1/s1. The first kappa shape index (κ1) is 15.8. The Morgan fingerprint density at radius 3 is 3.04 bits per heavy atom. The molecule has 1 amide bonds. The van der Waals surface area contributed by atoms with Gasteiger partial charge in [0.05, 0.1) is 24.2 Å². The molecule has 1 aliphatic heterocycles. The average molecular weight is 339 g/mol. The number of nitrogens with zero attached hydrogens (tertiary/aromatic N) is 3. The summed E-state index contributed by atoms with van der Waals surface area (Å²) in [7, 11) is 0. The predicted molar refractivity (Wildman–Crippen MR) is 93.0 cm³/mol. The molecule has 0 saturated carbocycles. The van der Waals surface area contributed by atoms with E-state index < -0.39 is 0 Å². The monoisotopic (exact) mass is 339 g/mol. The van der Waals surface area contributed by atoms with Crippen LogP contribution in [-0.2, 0) is 16.0 Å². The van der Waals surface area contributed by atoms with Crippen molar-refractivity contribution in [2.75, 3.05) is 19.7 Å². The van der Waals surface area contributed by atoms with Crippen LogP contribution in [0.15, 0.2) is 30.5 Å². The van der Waals surface area contributed by atoms with Crippen molar-refractivity contribution in [3.63, 3.8) is 0 Å². The van der Waals surface area contributed by atoms with E-state index in [-0.39, 0.29) is 12.0 Å². The first-order chi connectivity index (χ1) is 12.2. The zero-order valence-corrected chi connectivity index (χ0v) is 14.2. The summed E-state index contributed by atoms with van der Waals surface area (Å²) in [5.41, 5.74) is 2.93. The van der Waals surface area contributed by atoms with Crippen molar-refractivity contribution in [2.45, 2.75) is 25.9 Å². The van der Waals surface area contributed by atoms with Gasteiger partial charge >= 0.3 is 0 Å². The number of fused-ring (bicyclic) bond motifs is 1. The fourth-order valence-corrected chi connectivity index (χ4v) is 3.15. The molecule has 4 rings (SSSR count). The van der Waals surface area contributed by atoms with Crippen LogP contribution in [0.4, 0.5) is 0 Å². The van der Waals surface area contributed by atoms with Crippen molar-refractivity contribution in [3.05, 3.63) is 47.8 Å². The largest absolute Gasteiger partial charge is 0.367 e. The number of aromatic nitrogens is 4. The number of aryl methyl sites for hydroxylation is 2. The van der Waals surface area contributed by atoms with Crippen LogP contribution in [0.1, 0.15) is 29.9 Å². The van der Waals surface area contributed by atoms with Gasteiger partial charge in [0.2, 0.25) is 5.91 Å². The van der Waals surface area contributed by atoms with E-state index in [4.69, 9.17) is 4.74 Å². The fourth-order valence-electron chi connectivity index (χ4n) is 3.15. The number of morpholine rings is 1. The number of ether oxygens (including phenoxy) is 1. The topological polar surface area (TPSA) is 86.9 Å². The van der Waals surface area contributed by atoms with Crippen LogP contribution in [0, 0.1) is 6.92 Å². The van der Waals surface area contributed by atoms with Gasteiger partial charge in [-0.1, -0.05) is 12.1 Å². The Balaban J connectivity index is 1.37. The van der Waals surface area contributed by atoms with Gasteiger partial charge in [0.25, 0.3) is 0 Å². The highest BCUT2D eigenvalue weighted by atomic mass is 16.5. The Morgan fingerprint density at radius 1 is 1.36 bits per heavy atom. The second kappa shape index (κ2) is 6.68. The van der Waals surface area contributed by atoms with Crippen LogP contribution in [0.5, 0.6) is 0 Å². The zero-order chi connectivity index (χ0) is 17.2. The van der Waals surface area contributed by atoms with Crippen LogP contribution in [0.3, 0.4) is 0 Å². The molecule has 7 nitrogen and oxygen atoms in total. The minimum absolute atomic E-state index is 0.122. The number of carbonyl (C=O) groups is 1. The number of rotatable bonds is 4. The van der Waals surface area contributed by atoms with E-state index in [0.29, 0.717) is 32.5 Å². The van der Waals surface area contributed by atoms with Crippen molar-refractivity contribution in [1.82, 2.24) is 24.8 Å². The van der Waals surface area contributed by atoms with Crippen molar-refractivity contribution >= 4 is 16.9 Å². The third kappa shape index (κ3) is 3.41. The van der Waals surface area contributed by atoms with E-state index in [0.717, 1.165) is 28.4 Å². The van der Waals surface area contributed by atoms with Gasteiger partial charge in [0.15, 0.2) is 0 Å². The van der Waals surface area contributed by atoms with E-state index >= 15 is 0 Å². The van der Waals surface area contributed by atoms with Crippen LogP contribution >= 0.6 is 0 Å². The minimum Gasteiger partial charge on any atom is -0.367 e. The van der Waals surface area contributed by atoms with Gasteiger partial charge in [-0.15, -0.1) is 0 Å². The average Bonchev–Trinajstić information content (AvgIpc) is 3.25. The number of carbonyl (C=O) groups excluding carboxylic acids is 1. The van der Waals surface area contributed by atoms with E-state index in [9.17, 15) is 4.79 Å². The third-order valence-electron chi connectivity index (χ3n) is 4.46. The van der Waals surface area contributed by atoms with Gasteiger partial charge in [-0.2, -0.15) is 0 Å². The molecule has 0 bridgehead atoms. The molecule has 130 valence electrons. The third-order valence-corrected chi connectivity index (χ3v) is 4.46. The number of para-hydroxylation sites is 2. The highest BCUT2D eigenvalue weighted by Gasteiger charge is 2.27. The van der Waals surface area contributed by atoms with Gasteiger partial charge in [0.1, 0.15) is 17.8 Å². The summed E-state index contributed by atoms with van der Waals surface area (Å²) in [6.07, 6.45) is 2.64. The number of hydrogen-bond acceptors (Lipinski definition) is 4. The summed E-state index contributed by atoms with van der Waals surface area (Å²) in [6.45, 7) is 3.64. The molecule has 3 aromatic rings. The maximum absolute atomic E-state index is 12.6. The Bertz CT molecular complexity index is 851. The first-order valence-electron chi connectivity index (χ1n) is 8.53. The van der Waals surface area contributed by atoms with Crippen molar-refractivity contribution < 1.29 is 9.53 Å². The maximum atomic E-state index is 12.6. The summed E-state index contributed by atoms with van der Waals surface area (Å²) in [6, 6.07) is 7.89. The van der Waals surface area contributed by atoms with Crippen LogP contribution in [-0.4, -0.2) is 50.4 Å². The molecule has 2 N–H and O–H groups in total. The summed E-state index contributed by atoms with van der Waals surface area (Å²) >= 11 is 0. The second-order valence-corrected chi connectivity index (χ2v) is 6.35. The Kier molecular flexibility index (Phi) is 4.23. The molecule has 1 aliphatic rings. The van der Waals surface area contributed by atoms with Gasteiger partial charge in [-0.25, -0.2) is 9.97 Å². The smallest absolute Gasteiger partial charge is 0.223 e. The highest BCUT2D eigenvalue weighted by Crippen LogP contribution is 2.20. The number of amides is 1. The van der Waals surface area contributed by atoms with Gasteiger partial charge in [-0.3, -0.25) is 4.79 Å². The number of aromatic amines is 2. The SMILES string of the molecule is Cc1cnc([C@H]2CN(C(=O)CCc3nc4ccccc4[nH]3)CCO2)[nH]1. The number of imidazole rings is 2. The maximum Gasteiger partial charge on any atom is 0.223 e. The molecular formula is C18H21N5O2. The lowest BCUT2D eigenvalue weighted by Gasteiger charge is -2.32. The van der Waals surface area contributed by atoms with Crippen LogP contribution < -0.4 is 0 Å². The summed E-state index contributed by atoms with van der Waals surface area (Å²) in [4.78, 5) is 29.7. The molecule has 1 saturated heterocycles. The number of nitrogens with one attached hydrogen (secondary N) is 2. The van der Waals surface area contributed by atoms with E-state index in [2.05, 4.69) is 19.9 Å². The van der Waals surface area contributed by atoms with Crippen molar-refractivity contribution in [2.24, 2.45) is 0 Å². The number of hydrogen-bond donors (Lipinski definition) is 2. The molecule has 0 unspecified atom stereocenters. The van der Waals surface area contributed by atoms with E-state index in [1.54, 1.807) is 6.20 Å². The number of benzene rings is 1. The van der Waals surface area contributed by atoms with Crippen molar-refractivity contribution in [1.29, 1.82) is 0 Å². The summed E-state index contributed by atoms with van der Waals surface area (Å²) in [5.74, 6) is 1.75. The lowest BCUT2D eigenvalue weighted by atomic mass is 10.2. The lowest BCUT2D eigenvalue weighted by molar-refractivity contribution is -0.139. The molecule has 1 aromatic carbocycles. The lowest BCUT2D eigenvalue weighted by Crippen LogP contribution is -2.42. The molecule has 3 heterocycles. The zero-order valence-electron chi connectivity index (χ0n) is 14.2. The van der Waals surface area contributed by atoms with Gasteiger partial charge in [0, 0.05) is 31.3 Å². The normalized spacial score (nSPS) is 18.0. The summed E-state index contributed by atoms with van der Waals surface area (Å²) < 4.78 is 5.75. The molecule has 0 radical (unpaired) electrons. The van der Waals surface area contributed by atoms with Crippen molar-refractivity contribution in [3.8, 4) is 0 Å². The van der Waals surface area contributed by atoms with E-state index in [1.165, 1.54) is 0 Å². The van der Waals surface area contributed by atoms with Crippen LogP contribution in [0.25, 0.3) is 11.0 Å². The summed E-state index contributed by atoms with van der Waals surface area (Å²) in [5, 5.41) is 0. The first-order valence-corrected chi connectivity index (χ1v) is 8.53. The molecule has 0 spiro atoms. The predicted octanol–water partition coefficient (Wildman–Crippen LogP) is 2.13. The van der Waals surface area contributed by atoms with Gasteiger partial charge < -0.3 is 19.6 Å². The quantitative estimate of drug-likeness (QED) is 0.762. The van der Waals surface area contributed by atoms with E-state index in [1.807, 2.05) is 36.1 Å².